The second-order valence-corrected chi connectivity index (χ2v) is 7.58. The molecule has 0 saturated carbocycles. The summed E-state index contributed by atoms with van der Waals surface area (Å²) in [5.41, 5.74) is 0.499. The van der Waals surface area contributed by atoms with Crippen molar-refractivity contribution < 1.29 is 23.1 Å². The SMILES string of the molecule is COC(=O)c1scc(C)c1S(=O)(=O)NC(CCO)C(C)C. The highest BCUT2D eigenvalue weighted by Gasteiger charge is 2.30. The van der Waals surface area contributed by atoms with Gasteiger partial charge in [-0.2, -0.15) is 0 Å². The molecule has 0 amide bonds. The van der Waals surface area contributed by atoms with Crippen LogP contribution in [0, 0.1) is 12.8 Å². The predicted molar refractivity (Wildman–Crippen MR) is 81.0 cm³/mol. The largest absolute Gasteiger partial charge is 0.465 e. The molecule has 0 bridgehead atoms. The first kappa shape index (κ1) is 18.1. The Bertz CT molecular complexity index is 592. The second kappa shape index (κ2) is 7.35. The van der Waals surface area contributed by atoms with Gasteiger partial charge in [0.05, 0.1) is 7.11 Å². The van der Waals surface area contributed by atoms with Gasteiger partial charge in [-0.3, -0.25) is 0 Å². The van der Waals surface area contributed by atoms with Gasteiger partial charge in [0.1, 0.15) is 9.77 Å². The maximum atomic E-state index is 12.6. The van der Waals surface area contributed by atoms with E-state index in [0.717, 1.165) is 11.3 Å². The molecule has 0 fully saturated rings. The molecular weight excluding hydrogens is 314 g/mol. The number of esters is 1. The number of aliphatic hydroxyl groups excluding tert-OH is 1. The molecule has 1 aromatic rings. The van der Waals surface area contributed by atoms with Gasteiger partial charge in [-0.1, -0.05) is 13.8 Å². The summed E-state index contributed by atoms with van der Waals surface area (Å²) in [7, 11) is -2.64. The van der Waals surface area contributed by atoms with Gasteiger partial charge in [0.15, 0.2) is 0 Å². The van der Waals surface area contributed by atoms with Gasteiger partial charge in [0, 0.05) is 12.6 Å². The molecule has 0 aliphatic carbocycles. The first-order valence-corrected chi connectivity index (χ1v) is 8.90. The van der Waals surface area contributed by atoms with E-state index in [4.69, 9.17) is 5.11 Å². The summed E-state index contributed by atoms with van der Waals surface area (Å²) in [4.78, 5) is 11.7. The van der Waals surface area contributed by atoms with Crippen molar-refractivity contribution in [3.63, 3.8) is 0 Å². The van der Waals surface area contributed by atoms with Crippen LogP contribution in [0.3, 0.4) is 0 Å². The number of carbonyl (C=O) groups is 1. The smallest absolute Gasteiger partial charge is 0.349 e. The Morgan fingerprint density at radius 1 is 1.48 bits per heavy atom. The fourth-order valence-corrected chi connectivity index (χ4v) is 5.05. The third-order valence-electron chi connectivity index (χ3n) is 3.11. The minimum absolute atomic E-state index is 0.0208. The molecule has 2 N–H and O–H groups in total. The number of aliphatic hydroxyl groups is 1. The van der Waals surface area contributed by atoms with E-state index in [1.807, 2.05) is 13.8 Å². The van der Waals surface area contributed by atoms with E-state index in [2.05, 4.69) is 9.46 Å². The minimum atomic E-state index is -3.85. The van der Waals surface area contributed by atoms with Crippen molar-refractivity contribution in [2.75, 3.05) is 13.7 Å². The molecule has 6 nitrogen and oxygen atoms in total. The number of thiophene rings is 1. The van der Waals surface area contributed by atoms with Gasteiger partial charge in [0.2, 0.25) is 10.0 Å². The Labute approximate surface area is 129 Å². The summed E-state index contributed by atoms with van der Waals surface area (Å²) in [6, 6.07) is -0.398. The fraction of sp³-hybridized carbons (Fsp3) is 0.615. The molecule has 1 unspecified atom stereocenters. The number of ether oxygens (including phenoxy) is 1. The van der Waals surface area contributed by atoms with E-state index in [0.29, 0.717) is 12.0 Å². The lowest BCUT2D eigenvalue weighted by molar-refractivity contribution is 0.0602. The molecule has 120 valence electrons. The number of carbonyl (C=O) groups excluding carboxylic acids is 1. The highest BCUT2D eigenvalue weighted by Crippen LogP contribution is 2.28. The Morgan fingerprint density at radius 2 is 2.10 bits per heavy atom. The average Bonchev–Trinajstić information content (AvgIpc) is 2.79. The molecule has 0 aromatic carbocycles. The zero-order valence-corrected chi connectivity index (χ0v) is 14.2. The molecule has 1 aromatic heterocycles. The summed E-state index contributed by atoms with van der Waals surface area (Å²) in [6.07, 6.45) is 0.313. The van der Waals surface area contributed by atoms with Crippen LogP contribution in [-0.4, -0.2) is 39.3 Å². The Morgan fingerprint density at radius 3 is 2.57 bits per heavy atom. The van der Waals surface area contributed by atoms with E-state index in [1.54, 1.807) is 12.3 Å². The summed E-state index contributed by atoms with van der Waals surface area (Å²) in [6.45, 7) is 5.25. The number of sulfonamides is 1. The van der Waals surface area contributed by atoms with Crippen LogP contribution in [0.25, 0.3) is 0 Å². The number of aryl methyl sites for hydroxylation is 1. The van der Waals surface area contributed by atoms with Crippen molar-refractivity contribution in [2.24, 2.45) is 5.92 Å². The standard InChI is InChI=1S/C13H21NO5S2/c1-8(2)10(5-6-15)14-21(17,18)12-9(3)7-20-11(12)13(16)19-4/h7-8,10,14-15H,5-6H2,1-4H3. The number of methoxy groups -OCH3 is 1. The van der Waals surface area contributed by atoms with Gasteiger partial charge < -0.3 is 9.84 Å². The topological polar surface area (TPSA) is 92.7 Å². The van der Waals surface area contributed by atoms with Crippen molar-refractivity contribution >= 4 is 27.3 Å². The van der Waals surface area contributed by atoms with Gasteiger partial charge >= 0.3 is 5.97 Å². The molecule has 0 spiro atoms. The molecule has 0 aliphatic heterocycles. The Kier molecular flexibility index (Phi) is 6.33. The lowest BCUT2D eigenvalue weighted by atomic mass is 10.0. The summed E-state index contributed by atoms with van der Waals surface area (Å²) in [5.74, 6) is -0.649. The molecule has 1 heterocycles. The lowest BCUT2D eigenvalue weighted by Crippen LogP contribution is -2.39. The van der Waals surface area contributed by atoms with Crippen molar-refractivity contribution in [1.82, 2.24) is 4.72 Å². The van der Waals surface area contributed by atoms with E-state index in [1.165, 1.54) is 7.11 Å². The van der Waals surface area contributed by atoms with Gasteiger partial charge in [-0.15, -0.1) is 11.3 Å². The molecule has 8 heteroatoms. The molecule has 0 radical (unpaired) electrons. The van der Waals surface area contributed by atoms with Gasteiger partial charge in [-0.05, 0) is 30.2 Å². The number of hydrogen-bond acceptors (Lipinski definition) is 6. The van der Waals surface area contributed by atoms with E-state index in [9.17, 15) is 13.2 Å². The Hall–Kier alpha value is -0.960. The van der Waals surface area contributed by atoms with Crippen LogP contribution >= 0.6 is 11.3 Å². The highest BCUT2D eigenvalue weighted by atomic mass is 32.2. The van der Waals surface area contributed by atoms with Gasteiger partial charge in [0.25, 0.3) is 0 Å². The molecule has 21 heavy (non-hydrogen) atoms. The molecule has 0 aliphatic rings. The maximum Gasteiger partial charge on any atom is 0.349 e. The third kappa shape index (κ3) is 4.26. The minimum Gasteiger partial charge on any atom is -0.465 e. The zero-order valence-electron chi connectivity index (χ0n) is 12.5. The number of hydrogen-bond donors (Lipinski definition) is 2. The van der Waals surface area contributed by atoms with Crippen molar-refractivity contribution in [3.05, 3.63) is 15.8 Å². The number of nitrogens with one attached hydrogen (secondary N) is 1. The monoisotopic (exact) mass is 335 g/mol. The average molecular weight is 335 g/mol. The van der Waals surface area contributed by atoms with Crippen LogP contribution in [0.1, 0.15) is 35.5 Å². The fourth-order valence-electron chi connectivity index (χ4n) is 1.93. The number of rotatable bonds is 7. The zero-order chi connectivity index (χ0) is 16.2. The van der Waals surface area contributed by atoms with E-state index in [-0.39, 0.29) is 22.3 Å². The summed E-state index contributed by atoms with van der Waals surface area (Å²) < 4.78 is 32.3. The first-order valence-electron chi connectivity index (χ1n) is 6.54. The molecule has 1 atom stereocenters. The Balaban J connectivity index is 3.19. The van der Waals surface area contributed by atoms with Crippen LogP contribution in [-0.2, 0) is 14.8 Å². The van der Waals surface area contributed by atoms with Crippen LogP contribution in [0.2, 0.25) is 0 Å². The normalized spacial score (nSPS) is 13.4. The third-order valence-corrected chi connectivity index (χ3v) is 5.99. The van der Waals surface area contributed by atoms with Crippen LogP contribution in [0.15, 0.2) is 10.3 Å². The first-order chi connectivity index (χ1) is 9.74. The van der Waals surface area contributed by atoms with Crippen LogP contribution < -0.4 is 4.72 Å². The molecule has 0 saturated heterocycles. The summed E-state index contributed by atoms with van der Waals surface area (Å²) >= 11 is 1.04. The quantitative estimate of drug-likeness (QED) is 0.737. The van der Waals surface area contributed by atoms with Crippen LogP contribution in [0.4, 0.5) is 0 Å². The maximum absolute atomic E-state index is 12.6. The summed E-state index contributed by atoms with van der Waals surface area (Å²) in [5, 5.41) is 10.6. The molecule has 1 rings (SSSR count). The van der Waals surface area contributed by atoms with Crippen molar-refractivity contribution in [1.29, 1.82) is 0 Å². The lowest BCUT2D eigenvalue weighted by Gasteiger charge is -2.21. The predicted octanol–water partition coefficient (Wildman–Crippen LogP) is 1.53. The van der Waals surface area contributed by atoms with Crippen LogP contribution in [0.5, 0.6) is 0 Å². The molecular formula is C13H21NO5S2. The van der Waals surface area contributed by atoms with Crippen molar-refractivity contribution in [2.45, 2.75) is 38.1 Å². The highest BCUT2D eigenvalue weighted by molar-refractivity contribution is 7.89. The van der Waals surface area contributed by atoms with Crippen molar-refractivity contribution in [3.8, 4) is 0 Å². The van der Waals surface area contributed by atoms with E-state index >= 15 is 0 Å². The van der Waals surface area contributed by atoms with Gasteiger partial charge in [-0.25, -0.2) is 17.9 Å². The second-order valence-electron chi connectivity index (χ2n) is 5.05. The van der Waals surface area contributed by atoms with E-state index < -0.39 is 22.0 Å².